The first-order valence-corrected chi connectivity index (χ1v) is 15.6. The van der Waals surface area contributed by atoms with Gasteiger partial charge in [0.2, 0.25) is 0 Å². The van der Waals surface area contributed by atoms with Crippen molar-refractivity contribution < 1.29 is 46.9 Å². The molecule has 5 heterocycles. The number of rotatable bonds is 5. The topological polar surface area (TPSA) is 130 Å². The van der Waals surface area contributed by atoms with Gasteiger partial charge in [0.25, 0.3) is 0 Å². The molecule has 4 aliphatic rings. The number of aliphatic hydroxyl groups excluding tert-OH is 1. The van der Waals surface area contributed by atoms with Crippen LogP contribution >= 0.6 is 0 Å². The van der Waals surface area contributed by atoms with E-state index in [4.69, 9.17) is 23.8 Å². The molecule has 1 amide bonds. The van der Waals surface area contributed by atoms with Crippen LogP contribution in [0.15, 0.2) is 23.5 Å². The summed E-state index contributed by atoms with van der Waals surface area (Å²) in [5.41, 5.74) is 0.440. The van der Waals surface area contributed by atoms with Gasteiger partial charge < -0.3 is 33.8 Å². The molecule has 1 aromatic carbocycles. The highest BCUT2D eigenvalue weighted by molar-refractivity contribution is 5.88. The number of hydrogen-bond acceptors (Lipinski definition) is 10. The van der Waals surface area contributed by atoms with Crippen molar-refractivity contribution in [1.82, 2.24) is 19.9 Å². The molecule has 0 radical (unpaired) electrons. The molecular formula is C31H40F3N5O7. The maximum atomic E-state index is 13.9. The van der Waals surface area contributed by atoms with Crippen molar-refractivity contribution in [2.24, 2.45) is 11.1 Å². The van der Waals surface area contributed by atoms with Gasteiger partial charge in [0.1, 0.15) is 41.8 Å². The molecule has 252 valence electrons. The third-order valence-electron chi connectivity index (χ3n) is 8.76. The minimum absolute atomic E-state index is 0.00788. The van der Waals surface area contributed by atoms with Crippen LogP contribution in [0, 0.1) is 23.4 Å². The second kappa shape index (κ2) is 12.4. The molecule has 3 saturated heterocycles. The van der Waals surface area contributed by atoms with E-state index in [1.54, 1.807) is 18.7 Å². The van der Waals surface area contributed by atoms with Crippen LogP contribution in [0.2, 0.25) is 0 Å². The SMILES string of the molecule is CC(C)(C)OC(=O)N1CCC(C2=NOC(C[C@H]3O[C@@H]4COC(C)(C)O[C@@H]4[C@H](n4cc(-c5cc(F)c(F)c(F)c5)nn4)[C@H]3O)C2)CC1. The number of fused-ring (bicyclic) bond motifs is 1. The average molecular weight is 652 g/mol. The summed E-state index contributed by atoms with van der Waals surface area (Å²) < 4.78 is 66.7. The van der Waals surface area contributed by atoms with Gasteiger partial charge in [-0.1, -0.05) is 10.4 Å². The Kier molecular flexibility index (Phi) is 8.80. The zero-order valence-corrected chi connectivity index (χ0v) is 26.5. The Morgan fingerprint density at radius 1 is 1.15 bits per heavy atom. The minimum atomic E-state index is -1.58. The Balaban J connectivity index is 1.13. The molecule has 0 bridgehead atoms. The van der Waals surface area contributed by atoms with E-state index in [0.717, 1.165) is 30.7 Å². The molecule has 0 aliphatic carbocycles. The summed E-state index contributed by atoms with van der Waals surface area (Å²) in [5.74, 6) is -5.09. The molecule has 1 N–H and O–H groups in total. The number of amides is 1. The van der Waals surface area contributed by atoms with Crippen LogP contribution in [0.25, 0.3) is 11.3 Å². The van der Waals surface area contributed by atoms with Crippen LogP contribution in [0.5, 0.6) is 0 Å². The van der Waals surface area contributed by atoms with Crippen molar-refractivity contribution >= 4 is 11.8 Å². The third-order valence-corrected chi connectivity index (χ3v) is 8.76. The fraction of sp³-hybridized carbons (Fsp3) is 0.677. The molecular weight excluding hydrogens is 611 g/mol. The number of aromatic nitrogens is 3. The number of oxime groups is 1. The summed E-state index contributed by atoms with van der Waals surface area (Å²) in [4.78, 5) is 20.0. The Labute approximate surface area is 264 Å². The molecule has 2 aromatic rings. The van der Waals surface area contributed by atoms with E-state index in [2.05, 4.69) is 15.5 Å². The summed E-state index contributed by atoms with van der Waals surface area (Å²) in [5, 5.41) is 24.3. The van der Waals surface area contributed by atoms with Gasteiger partial charge in [0.05, 0.1) is 24.6 Å². The number of benzene rings is 1. The van der Waals surface area contributed by atoms with Gasteiger partial charge in [-0.05, 0) is 59.6 Å². The summed E-state index contributed by atoms with van der Waals surface area (Å²) >= 11 is 0. The molecule has 12 nitrogen and oxygen atoms in total. The first kappa shape index (κ1) is 32.7. The van der Waals surface area contributed by atoms with Gasteiger partial charge in [0, 0.05) is 37.4 Å². The molecule has 4 aliphatic heterocycles. The Morgan fingerprint density at radius 2 is 1.85 bits per heavy atom. The second-order valence-corrected chi connectivity index (χ2v) is 13.8. The van der Waals surface area contributed by atoms with Gasteiger partial charge in [0.15, 0.2) is 23.2 Å². The average Bonchev–Trinajstić information content (AvgIpc) is 3.66. The zero-order valence-electron chi connectivity index (χ0n) is 26.5. The maximum Gasteiger partial charge on any atom is 0.410 e. The first-order chi connectivity index (χ1) is 21.7. The number of aliphatic hydroxyl groups is 1. The summed E-state index contributed by atoms with van der Waals surface area (Å²) in [6, 6.07) is 0.870. The first-order valence-electron chi connectivity index (χ1n) is 15.6. The number of nitrogens with zero attached hydrogens (tertiary/aromatic N) is 5. The van der Waals surface area contributed by atoms with Gasteiger partial charge in [-0.25, -0.2) is 22.6 Å². The highest BCUT2D eigenvalue weighted by Crippen LogP contribution is 2.40. The van der Waals surface area contributed by atoms with Crippen molar-refractivity contribution in [1.29, 1.82) is 0 Å². The largest absolute Gasteiger partial charge is 0.444 e. The molecule has 3 fully saturated rings. The molecule has 0 spiro atoms. The number of carbonyl (C=O) groups is 1. The van der Waals surface area contributed by atoms with Crippen LogP contribution < -0.4 is 0 Å². The Bertz CT molecular complexity index is 1450. The van der Waals surface area contributed by atoms with Crippen LogP contribution in [-0.4, -0.2) is 98.4 Å². The van der Waals surface area contributed by atoms with Crippen molar-refractivity contribution in [3.8, 4) is 11.3 Å². The molecule has 6 rings (SSSR count). The van der Waals surface area contributed by atoms with E-state index >= 15 is 0 Å². The number of likely N-dealkylation sites (tertiary alicyclic amines) is 1. The standard InChI is InChI=1S/C31H40F3N5O7/c1-30(2,3)45-29(41)38-8-6-16(7-9-38)21-12-18(46-36-21)13-23-27(40)26(28-24(43-23)15-42-31(4,5)44-28)39-14-22(35-37-39)17-10-19(32)25(34)20(33)11-17/h10-11,14,16,18,23-24,26-28,40H,6-9,12-13,15H2,1-5H3/t18?,23-,24-,26-,27+,28+/m1/s1. The van der Waals surface area contributed by atoms with E-state index in [-0.39, 0.29) is 36.0 Å². The fourth-order valence-corrected chi connectivity index (χ4v) is 6.50. The monoisotopic (exact) mass is 651 g/mol. The predicted molar refractivity (Wildman–Crippen MR) is 156 cm³/mol. The van der Waals surface area contributed by atoms with Crippen molar-refractivity contribution in [3.63, 3.8) is 0 Å². The van der Waals surface area contributed by atoms with Crippen molar-refractivity contribution in [2.75, 3.05) is 19.7 Å². The van der Waals surface area contributed by atoms with Crippen LogP contribution in [-0.2, 0) is 23.8 Å². The lowest BCUT2D eigenvalue weighted by Crippen LogP contribution is -2.62. The van der Waals surface area contributed by atoms with Gasteiger partial charge in [-0.2, -0.15) is 0 Å². The molecule has 0 saturated carbocycles. The second-order valence-electron chi connectivity index (χ2n) is 13.8. The number of piperidine rings is 1. The lowest BCUT2D eigenvalue weighted by Gasteiger charge is -2.50. The van der Waals surface area contributed by atoms with E-state index in [1.165, 1.54) is 10.9 Å². The van der Waals surface area contributed by atoms with E-state index in [1.807, 2.05) is 20.8 Å². The summed E-state index contributed by atoms with van der Waals surface area (Å²) in [7, 11) is 0. The van der Waals surface area contributed by atoms with Gasteiger partial charge >= 0.3 is 6.09 Å². The summed E-state index contributed by atoms with van der Waals surface area (Å²) in [6.07, 6.45) is -0.0277. The minimum Gasteiger partial charge on any atom is -0.444 e. The van der Waals surface area contributed by atoms with E-state index in [9.17, 15) is 23.1 Å². The normalized spacial score (nSPS) is 30.0. The Morgan fingerprint density at radius 3 is 2.52 bits per heavy atom. The maximum absolute atomic E-state index is 13.9. The van der Waals surface area contributed by atoms with Crippen LogP contribution in [0.3, 0.4) is 0 Å². The molecule has 6 atom stereocenters. The Hall–Kier alpha value is -3.27. The fourth-order valence-electron chi connectivity index (χ4n) is 6.50. The van der Waals surface area contributed by atoms with Crippen molar-refractivity contribution in [3.05, 3.63) is 35.8 Å². The molecule has 1 unspecified atom stereocenters. The summed E-state index contributed by atoms with van der Waals surface area (Å²) in [6.45, 7) is 10.3. The molecule has 1 aromatic heterocycles. The van der Waals surface area contributed by atoms with Crippen LogP contribution in [0.1, 0.15) is 66.3 Å². The number of halogens is 3. The number of ether oxygens (including phenoxy) is 4. The highest BCUT2D eigenvalue weighted by atomic mass is 19.2. The lowest BCUT2D eigenvalue weighted by molar-refractivity contribution is -0.349. The third kappa shape index (κ3) is 6.87. The zero-order chi connectivity index (χ0) is 33.0. The van der Waals surface area contributed by atoms with E-state index in [0.29, 0.717) is 25.9 Å². The van der Waals surface area contributed by atoms with Gasteiger partial charge in [-0.15, -0.1) is 5.10 Å². The predicted octanol–water partition coefficient (Wildman–Crippen LogP) is 4.37. The van der Waals surface area contributed by atoms with E-state index < -0.39 is 59.3 Å². The van der Waals surface area contributed by atoms with Crippen LogP contribution in [0.4, 0.5) is 18.0 Å². The molecule has 46 heavy (non-hydrogen) atoms. The van der Waals surface area contributed by atoms with Gasteiger partial charge in [-0.3, -0.25) is 0 Å². The van der Waals surface area contributed by atoms with Crippen molar-refractivity contribution in [2.45, 2.75) is 108 Å². The number of carbonyl (C=O) groups excluding carboxylic acids is 1. The quantitative estimate of drug-likeness (QED) is 0.469. The lowest BCUT2D eigenvalue weighted by atomic mass is 9.86. The smallest absolute Gasteiger partial charge is 0.410 e. The number of hydrogen-bond donors (Lipinski definition) is 1. The highest BCUT2D eigenvalue weighted by Gasteiger charge is 2.53. The molecule has 15 heteroatoms.